The van der Waals surface area contributed by atoms with Gasteiger partial charge in [-0.25, -0.2) is 5.01 Å². The Kier molecular flexibility index (Phi) is 17.1. The Morgan fingerprint density at radius 1 is 0.710 bits per heavy atom. The molecule has 0 aromatic rings. The predicted molar refractivity (Wildman–Crippen MR) is 135 cm³/mol. The van der Waals surface area contributed by atoms with Crippen molar-refractivity contribution in [2.24, 2.45) is 0 Å². The second kappa shape index (κ2) is 19.8. The molecule has 0 aliphatic carbocycles. The molecule has 0 bridgehead atoms. The standard InChI is InChI=1S/C27H43N3O/c1-3-4-5-6-7-8-9-10-11-12-13-14-15-16-17-18-19-20-21-22-27(31)28-30-25-23-29(2)24-26-30/h11-22H,3-10,23-26H2,1-2H3,(H,28,31)/b12-11-,14-13-,16-15-,18-17-,20-19-,22-21-. The molecular formula is C27H43N3O. The Bertz CT molecular complexity index is 620. The summed E-state index contributed by atoms with van der Waals surface area (Å²) in [5, 5.41) is 1.97. The molecule has 1 fully saturated rings. The van der Waals surface area contributed by atoms with Gasteiger partial charge in [-0.1, -0.05) is 112 Å². The average Bonchev–Trinajstić information content (AvgIpc) is 2.77. The molecule has 4 nitrogen and oxygen atoms in total. The molecule has 0 atom stereocenters. The Morgan fingerprint density at radius 3 is 1.84 bits per heavy atom. The molecule has 1 saturated heterocycles. The van der Waals surface area contributed by atoms with E-state index in [1.807, 2.05) is 47.5 Å². The number of likely N-dealkylation sites (N-methyl/N-ethyl adjacent to an activating group) is 1. The highest BCUT2D eigenvalue weighted by Crippen LogP contribution is 2.08. The van der Waals surface area contributed by atoms with Gasteiger partial charge in [0.05, 0.1) is 0 Å². The lowest BCUT2D eigenvalue weighted by Crippen LogP contribution is -2.52. The van der Waals surface area contributed by atoms with Gasteiger partial charge in [0.1, 0.15) is 0 Å². The van der Waals surface area contributed by atoms with Gasteiger partial charge in [-0.15, -0.1) is 0 Å². The fourth-order valence-corrected chi connectivity index (χ4v) is 3.16. The van der Waals surface area contributed by atoms with Crippen molar-refractivity contribution in [3.05, 3.63) is 72.9 Å². The summed E-state index contributed by atoms with van der Waals surface area (Å²) in [6.07, 6.45) is 34.2. The predicted octanol–water partition coefficient (Wildman–Crippen LogP) is 5.74. The van der Waals surface area contributed by atoms with Crippen molar-refractivity contribution < 1.29 is 4.79 Å². The number of allylic oxidation sites excluding steroid dienone is 11. The maximum Gasteiger partial charge on any atom is 0.258 e. The number of carbonyl (C=O) groups excluding carboxylic acids is 1. The minimum absolute atomic E-state index is 0.0803. The normalized spacial score (nSPS) is 17.0. The van der Waals surface area contributed by atoms with Crippen LogP contribution in [0.25, 0.3) is 0 Å². The first-order valence-corrected chi connectivity index (χ1v) is 12.0. The molecule has 31 heavy (non-hydrogen) atoms. The number of hydrogen-bond acceptors (Lipinski definition) is 3. The van der Waals surface area contributed by atoms with E-state index < -0.39 is 0 Å². The zero-order valence-corrected chi connectivity index (χ0v) is 19.7. The number of amides is 1. The van der Waals surface area contributed by atoms with Crippen LogP contribution in [0.3, 0.4) is 0 Å². The summed E-state index contributed by atoms with van der Waals surface area (Å²) in [7, 11) is 2.10. The van der Waals surface area contributed by atoms with Crippen LogP contribution in [-0.4, -0.2) is 49.0 Å². The fourth-order valence-electron chi connectivity index (χ4n) is 3.16. The number of piperazine rings is 1. The number of unbranched alkanes of at least 4 members (excludes halogenated alkanes) is 7. The Hall–Kier alpha value is -2.17. The Balaban J connectivity index is 2.03. The van der Waals surface area contributed by atoms with Crippen molar-refractivity contribution in [2.75, 3.05) is 33.2 Å². The van der Waals surface area contributed by atoms with E-state index in [-0.39, 0.29) is 5.91 Å². The van der Waals surface area contributed by atoms with Gasteiger partial charge in [-0.3, -0.25) is 10.2 Å². The van der Waals surface area contributed by atoms with Crippen LogP contribution in [-0.2, 0) is 4.79 Å². The smallest absolute Gasteiger partial charge is 0.258 e. The van der Waals surface area contributed by atoms with Gasteiger partial charge in [-0.05, 0) is 19.9 Å². The number of nitrogens with zero attached hydrogens (tertiary/aromatic N) is 2. The van der Waals surface area contributed by atoms with E-state index >= 15 is 0 Å². The third-order valence-corrected chi connectivity index (χ3v) is 5.13. The first-order chi connectivity index (χ1) is 15.2. The highest BCUT2D eigenvalue weighted by molar-refractivity contribution is 5.87. The summed E-state index contributed by atoms with van der Waals surface area (Å²) >= 11 is 0. The largest absolute Gasteiger partial charge is 0.304 e. The minimum atomic E-state index is -0.0803. The van der Waals surface area contributed by atoms with E-state index in [0.717, 1.165) is 26.2 Å². The lowest BCUT2D eigenvalue weighted by Gasteiger charge is -2.31. The van der Waals surface area contributed by atoms with Crippen LogP contribution in [0.4, 0.5) is 0 Å². The third kappa shape index (κ3) is 17.2. The van der Waals surface area contributed by atoms with E-state index in [0.29, 0.717) is 0 Å². The molecule has 0 aromatic heterocycles. The SMILES string of the molecule is CCCCCCCCC\C=C/C=C\C=C/C=C\C=C/C=C\C(=O)NN1CCN(C)CC1. The van der Waals surface area contributed by atoms with E-state index in [4.69, 9.17) is 0 Å². The first-order valence-electron chi connectivity index (χ1n) is 12.0. The summed E-state index contributed by atoms with van der Waals surface area (Å²) in [6.45, 7) is 5.95. The van der Waals surface area contributed by atoms with Crippen LogP contribution in [0.5, 0.6) is 0 Å². The minimum Gasteiger partial charge on any atom is -0.304 e. The Labute approximate surface area is 190 Å². The number of rotatable bonds is 15. The van der Waals surface area contributed by atoms with E-state index in [2.05, 4.69) is 42.5 Å². The summed E-state index contributed by atoms with van der Waals surface area (Å²) in [5.74, 6) is -0.0803. The molecule has 1 aliphatic heterocycles. The summed E-state index contributed by atoms with van der Waals surface area (Å²) in [4.78, 5) is 14.1. The molecule has 1 aliphatic rings. The van der Waals surface area contributed by atoms with Crippen LogP contribution < -0.4 is 5.43 Å². The van der Waals surface area contributed by atoms with Crippen molar-refractivity contribution in [1.29, 1.82) is 0 Å². The molecule has 1 rings (SSSR count). The quantitative estimate of drug-likeness (QED) is 0.206. The lowest BCUT2D eigenvalue weighted by molar-refractivity contribution is -0.121. The highest BCUT2D eigenvalue weighted by atomic mass is 16.2. The van der Waals surface area contributed by atoms with Crippen molar-refractivity contribution in [3.63, 3.8) is 0 Å². The third-order valence-electron chi connectivity index (χ3n) is 5.13. The van der Waals surface area contributed by atoms with Gasteiger partial charge < -0.3 is 4.90 Å². The second-order valence-electron chi connectivity index (χ2n) is 8.00. The summed E-state index contributed by atoms with van der Waals surface area (Å²) in [6, 6.07) is 0. The van der Waals surface area contributed by atoms with Crippen molar-refractivity contribution >= 4 is 5.91 Å². The second-order valence-corrected chi connectivity index (χ2v) is 8.00. The molecule has 0 unspecified atom stereocenters. The molecule has 0 aromatic carbocycles. The summed E-state index contributed by atoms with van der Waals surface area (Å²) in [5.41, 5.74) is 2.90. The first kappa shape index (κ1) is 26.9. The van der Waals surface area contributed by atoms with Crippen LogP contribution in [0.15, 0.2) is 72.9 Å². The van der Waals surface area contributed by atoms with Gasteiger partial charge in [0.15, 0.2) is 0 Å². The molecular weight excluding hydrogens is 382 g/mol. The van der Waals surface area contributed by atoms with Crippen LogP contribution in [0.1, 0.15) is 58.3 Å². The van der Waals surface area contributed by atoms with Gasteiger partial charge in [0, 0.05) is 32.3 Å². The lowest BCUT2D eigenvalue weighted by atomic mass is 10.1. The monoisotopic (exact) mass is 425 g/mol. The molecule has 4 heteroatoms. The van der Waals surface area contributed by atoms with Crippen molar-refractivity contribution in [1.82, 2.24) is 15.3 Å². The van der Waals surface area contributed by atoms with Crippen molar-refractivity contribution in [3.8, 4) is 0 Å². The number of nitrogens with one attached hydrogen (secondary N) is 1. The maximum atomic E-state index is 11.8. The Morgan fingerprint density at radius 2 is 1.23 bits per heavy atom. The topological polar surface area (TPSA) is 35.6 Å². The van der Waals surface area contributed by atoms with Crippen LogP contribution in [0, 0.1) is 0 Å². The van der Waals surface area contributed by atoms with E-state index in [1.165, 1.54) is 51.4 Å². The summed E-state index contributed by atoms with van der Waals surface area (Å²) < 4.78 is 0. The van der Waals surface area contributed by atoms with E-state index in [9.17, 15) is 4.79 Å². The van der Waals surface area contributed by atoms with Crippen LogP contribution in [0.2, 0.25) is 0 Å². The maximum absolute atomic E-state index is 11.8. The van der Waals surface area contributed by atoms with Gasteiger partial charge in [0.25, 0.3) is 5.91 Å². The van der Waals surface area contributed by atoms with Gasteiger partial charge in [-0.2, -0.15) is 0 Å². The molecule has 172 valence electrons. The fraction of sp³-hybridized carbons (Fsp3) is 0.519. The molecule has 1 N–H and O–H groups in total. The molecule has 1 amide bonds. The molecule has 0 saturated carbocycles. The number of carbonyl (C=O) groups is 1. The van der Waals surface area contributed by atoms with Crippen molar-refractivity contribution in [2.45, 2.75) is 58.3 Å². The average molecular weight is 426 g/mol. The van der Waals surface area contributed by atoms with Gasteiger partial charge in [0.2, 0.25) is 0 Å². The van der Waals surface area contributed by atoms with E-state index in [1.54, 1.807) is 12.2 Å². The van der Waals surface area contributed by atoms with Gasteiger partial charge >= 0.3 is 0 Å². The number of hydrogen-bond donors (Lipinski definition) is 1. The zero-order chi connectivity index (χ0) is 22.4. The highest BCUT2D eigenvalue weighted by Gasteiger charge is 2.14. The number of hydrazine groups is 1. The zero-order valence-electron chi connectivity index (χ0n) is 19.7. The molecule has 0 radical (unpaired) electrons. The molecule has 0 spiro atoms. The van der Waals surface area contributed by atoms with Crippen LogP contribution >= 0.6 is 0 Å². The molecule has 1 heterocycles.